The predicted octanol–water partition coefficient (Wildman–Crippen LogP) is 0.348. The minimum Gasteiger partial charge on any atom is -0.481 e. The van der Waals surface area contributed by atoms with Gasteiger partial charge < -0.3 is 14.4 Å². The summed E-state index contributed by atoms with van der Waals surface area (Å²) in [6, 6.07) is 0. The SMILES string of the molecule is COCCn1cncc1CN1C[C@H](CC(=O)O)[C@H](c2cn(C)nn2)C1. The molecule has 0 spiro atoms. The maximum Gasteiger partial charge on any atom is 0.303 e. The fourth-order valence-electron chi connectivity index (χ4n) is 3.49. The fraction of sp³-hybridized carbons (Fsp3) is 0.625. The lowest BCUT2D eigenvalue weighted by Crippen LogP contribution is -2.23. The molecule has 9 nitrogen and oxygen atoms in total. The molecule has 1 aliphatic rings. The number of ether oxygens (including phenoxy) is 1. The van der Waals surface area contributed by atoms with Gasteiger partial charge in [-0.15, -0.1) is 5.10 Å². The van der Waals surface area contributed by atoms with Gasteiger partial charge in [0.2, 0.25) is 0 Å². The number of aromatic nitrogens is 5. The molecule has 0 bridgehead atoms. The molecule has 3 rings (SSSR count). The van der Waals surface area contributed by atoms with Gasteiger partial charge in [0.1, 0.15) is 0 Å². The molecule has 0 saturated carbocycles. The van der Waals surface area contributed by atoms with Crippen molar-refractivity contribution in [3.05, 3.63) is 30.1 Å². The first-order chi connectivity index (χ1) is 12.1. The average Bonchev–Trinajstić information content (AvgIpc) is 3.26. The van der Waals surface area contributed by atoms with E-state index in [2.05, 4.69) is 24.8 Å². The van der Waals surface area contributed by atoms with Crippen LogP contribution in [0.4, 0.5) is 0 Å². The van der Waals surface area contributed by atoms with Crippen LogP contribution in [0.15, 0.2) is 18.7 Å². The number of methoxy groups -OCH3 is 1. The first-order valence-corrected chi connectivity index (χ1v) is 8.35. The Balaban J connectivity index is 1.71. The molecule has 25 heavy (non-hydrogen) atoms. The summed E-state index contributed by atoms with van der Waals surface area (Å²) in [6.45, 7) is 3.62. The normalized spacial score (nSPS) is 21.0. The molecular formula is C16H24N6O3. The highest BCUT2D eigenvalue weighted by atomic mass is 16.5. The van der Waals surface area contributed by atoms with Gasteiger partial charge in [0.05, 0.1) is 30.7 Å². The van der Waals surface area contributed by atoms with Crippen molar-refractivity contribution in [1.29, 1.82) is 0 Å². The summed E-state index contributed by atoms with van der Waals surface area (Å²) in [5.41, 5.74) is 1.97. The number of carboxylic acids is 1. The first-order valence-electron chi connectivity index (χ1n) is 8.35. The van der Waals surface area contributed by atoms with Crippen LogP contribution in [0.1, 0.15) is 23.7 Å². The molecule has 2 aromatic heterocycles. The van der Waals surface area contributed by atoms with Crippen LogP contribution in [0.3, 0.4) is 0 Å². The number of aryl methyl sites for hydroxylation is 1. The number of carboxylic acid groups (broad SMARTS) is 1. The van der Waals surface area contributed by atoms with Gasteiger partial charge in [-0.1, -0.05) is 5.21 Å². The third kappa shape index (κ3) is 4.23. The summed E-state index contributed by atoms with van der Waals surface area (Å²) >= 11 is 0. The lowest BCUT2D eigenvalue weighted by molar-refractivity contribution is -0.138. The van der Waals surface area contributed by atoms with Crippen LogP contribution in [-0.2, 0) is 29.7 Å². The van der Waals surface area contributed by atoms with Gasteiger partial charge in [-0.3, -0.25) is 14.4 Å². The van der Waals surface area contributed by atoms with E-state index in [4.69, 9.17) is 4.74 Å². The zero-order valence-corrected chi connectivity index (χ0v) is 14.6. The number of nitrogens with zero attached hydrogens (tertiary/aromatic N) is 6. The van der Waals surface area contributed by atoms with Crippen LogP contribution >= 0.6 is 0 Å². The zero-order chi connectivity index (χ0) is 17.8. The molecule has 2 atom stereocenters. The Labute approximate surface area is 146 Å². The highest BCUT2D eigenvalue weighted by Gasteiger charge is 2.36. The molecule has 0 aliphatic carbocycles. The van der Waals surface area contributed by atoms with Gasteiger partial charge >= 0.3 is 5.97 Å². The van der Waals surface area contributed by atoms with Crippen molar-refractivity contribution in [2.24, 2.45) is 13.0 Å². The Hall–Kier alpha value is -2.26. The van der Waals surface area contributed by atoms with Gasteiger partial charge in [-0.05, 0) is 5.92 Å². The van der Waals surface area contributed by atoms with Crippen LogP contribution < -0.4 is 0 Å². The topological polar surface area (TPSA) is 98.3 Å². The molecule has 1 saturated heterocycles. The summed E-state index contributed by atoms with van der Waals surface area (Å²) in [4.78, 5) is 17.7. The third-order valence-corrected chi connectivity index (χ3v) is 4.67. The molecule has 1 aliphatic heterocycles. The lowest BCUT2D eigenvalue weighted by Gasteiger charge is -2.16. The summed E-state index contributed by atoms with van der Waals surface area (Å²) in [5, 5.41) is 17.4. The molecule has 3 heterocycles. The summed E-state index contributed by atoms with van der Waals surface area (Å²) in [5.74, 6) is -0.657. The molecular weight excluding hydrogens is 324 g/mol. The predicted molar refractivity (Wildman–Crippen MR) is 88.9 cm³/mol. The van der Waals surface area contributed by atoms with E-state index in [1.54, 1.807) is 18.1 Å². The number of hydrogen-bond acceptors (Lipinski definition) is 6. The Morgan fingerprint density at radius 1 is 1.44 bits per heavy atom. The van der Waals surface area contributed by atoms with Crippen molar-refractivity contribution in [2.45, 2.75) is 25.4 Å². The van der Waals surface area contributed by atoms with Crippen LogP contribution in [0.5, 0.6) is 0 Å². The van der Waals surface area contributed by atoms with E-state index in [0.29, 0.717) is 6.61 Å². The molecule has 136 valence electrons. The monoisotopic (exact) mass is 348 g/mol. The number of carbonyl (C=O) groups is 1. The Morgan fingerprint density at radius 2 is 2.28 bits per heavy atom. The van der Waals surface area contributed by atoms with E-state index >= 15 is 0 Å². The molecule has 2 aromatic rings. The number of aliphatic carboxylic acids is 1. The van der Waals surface area contributed by atoms with Crippen molar-refractivity contribution < 1.29 is 14.6 Å². The van der Waals surface area contributed by atoms with Crippen molar-refractivity contribution in [1.82, 2.24) is 29.4 Å². The third-order valence-electron chi connectivity index (χ3n) is 4.67. The van der Waals surface area contributed by atoms with E-state index < -0.39 is 5.97 Å². The standard InChI is InChI=1S/C16H24N6O3/c1-20-10-15(18-19-20)14-9-21(7-12(14)5-16(23)24)8-13-6-17-11-22(13)3-4-25-2/h6,10-12,14H,3-5,7-9H2,1-2H3,(H,23,24)/t12-,14+/m0/s1. The van der Waals surface area contributed by atoms with Gasteiger partial charge in [-0.2, -0.15) is 0 Å². The lowest BCUT2D eigenvalue weighted by atomic mass is 9.91. The first kappa shape index (κ1) is 17.6. The average molecular weight is 348 g/mol. The zero-order valence-electron chi connectivity index (χ0n) is 14.6. The Bertz CT molecular complexity index is 712. The highest BCUT2D eigenvalue weighted by Crippen LogP contribution is 2.34. The summed E-state index contributed by atoms with van der Waals surface area (Å²) < 4.78 is 8.87. The number of imidazole rings is 1. The summed E-state index contributed by atoms with van der Waals surface area (Å²) in [6.07, 6.45) is 5.68. The molecule has 0 amide bonds. The molecule has 0 aromatic carbocycles. The fourth-order valence-corrected chi connectivity index (χ4v) is 3.49. The minimum absolute atomic E-state index is 0.0320. The Kier molecular flexibility index (Phi) is 5.44. The van der Waals surface area contributed by atoms with Crippen molar-refractivity contribution in [2.75, 3.05) is 26.8 Å². The second kappa shape index (κ2) is 7.75. The molecule has 0 radical (unpaired) electrons. The van der Waals surface area contributed by atoms with Crippen LogP contribution in [0, 0.1) is 5.92 Å². The number of hydrogen-bond donors (Lipinski definition) is 1. The maximum absolute atomic E-state index is 11.2. The molecule has 1 fully saturated rings. The Morgan fingerprint density at radius 3 is 2.96 bits per heavy atom. The van der Waals surface area contributed by atoms with Crippen LogP contribution in [0.2, 0.25) is 0 Å². The smallest absolute Gasteiger partial charge is 0.303 e. The second-order valence-corrected chi connectivity index (χ2v) is 6.55. The van der Waals surface area contributed by atoms with E-state index in [1.165, 1.54) is 0 Å². The second-order valence-electron chi connectivity index (χ2n) is 6.55. The van der Waals surface area contributed by atoms with Crippen molar-refractivity contribution in [3.63, 3.8) is 0 Å². The molecule has 0 unspecified atom stereocenters. The van der Waals surface area contributed by atoms with Gasteiger partial charge in [-0.25, -0.2) is 4.98 Å². The van der Waals surface area contributed by atoms with Gasteiger partial charge in [0.25, 0.3) is 0 Å². The minimum atomic E-state index is -0.772. The number of likely N-dealkylation sites (tertiary alicyclic amines) is 1. The van der Waals surface area contributed by atoms with Crippen molar-refractivity contribution in [3.8, 4) is 0 Å². The van der Waals surface area contributed by atoms with E-state index in [-0.39, 0.29) is 18.3 Å². The van der Waals surface area contributed by atoms with E-state index in [1.807, 2.05) is 19.4 Å². The van der Waals surface area contributed by atoms with E-state index in [9.17, 15) is 9.90 Å². The van der Waals surface area contributed by atoms with Gasteiger partial charge in [0.15, 0.2) is 0 Å². The van der Waals surface area contributed by atoms with Gasteiger partial charge in [0, 0.05) is 58.6 Å². The molecule has 9 heteroatoms. The van der Waals surface area contributed by atoms with Crippen LogP contribution in [-0.4, -0.2) is 67.3 Å². The maximum atomic E-state index is 11.2. The van der Waals surface area contributed by atoms with Crippen molar-refractivity contribution >= 4 is 5.97 Å². The summed E-state index contributed by atoms with van der Waals surface area (Å²) in [7, 11) is 3.50. The quantitative estimate of drug-likeness (QED) is 0.735. The number of rotatable bonds is 8. The van der Waals surface area contributed by atoms with E-state index in [0.717, 1.165) is 37.6 Å². The molecule has 1 N–H and O–H groups in total. The van der Waals surface area contributed by atoms with Crippen LogP contribution in [0.25, 0.3) is 0 Å². The largest absolute Gasteiger partial charge is 0.481 e. The highest BCUT2D eigenvalue weighted by molar-refractivity contribution is 5.67.